The number of fused-ring (bicyclic) bond motifs is 1. The first-order chi connectivity index (χ1) is 13.2. The SMILES string of the molecule is COCc1nc(-c2ccc3c(c2)CC[C@H]3NC(=O)N2CCCCCC2)no1.[HH]. The van der Waals surface area contributed by atoms with Gasteiger partial charge in [-0.1, -0.05) is 30.1 Å². The van der Waals surface area contributed by atoms with E-state index in [1.165, 1.54) is 24.0 Å². The summed E-state index contributed by atoms with van der Waals surface area (Å²) in [6.07, 6.45) is 6.53. The van der Waals surface area contributed by atoms with Gasteiger partial charge in [-0.3, -0.25) is 0 Å². The third-order valence-corrected chi connectivity index (χ3v) is 5.41. The Labute approximate surface area is 160 Å². The molecule has 2 aliphatic rings. The van der Waals surface area contributed by atoms with E-state index in [4.69, 9.17) is 9.26 Å². The molecule has 2 aromatic rings. The molecule has 0 bridgehead atoms. The van der Waals surface area contributed by atoms with Crippen LogP contribution in [0.2, 0.25) is 0 Å². The fourth-order valence-electron chi connectivity index (χ4n) is 3.97. The first kappa shape index (κ1) is 18.0. The highest BCUT2D eigenvalue weighted by Gasteiger charge is 2.26. The van der Waals surface area contributed by atoms with Crippen molar-refractivity contribution < 1.29 is 15.5 Å². The van der Waals surface area contributed by atoms with E-state index in [-0.39, 0.29) is 13.5 Å². The smallest absolute Gasteiger partial charge is 0.317 e. The highest BCUT2D eigenvalue weighted by Crippen LogP contribution is 2.34. The van der Waals surface area contributed by atoms with Gasteiger partial charge >= 0.3 is 6.03 Å². The predicted octanol–water partition coefficient (Wildman–Crippen LogP) is 3.70. The second-order valence-electron chi connectivity index (χ2n) is 7.30. The normalized spacial score (nSPS) is 19.6. The molecule has 7 nitrogen and oxygen atoms in total. The predicted molar refractivity (Wildman–Crippen MR) is 102 cm³/mol. The number of carbonyl (C=O) groups is 1. The van der Waals surface area contributed by atoms with E-state index in [0.29, 0.717) is 18.3 Å². The molecular formula is C20H28N4O3. The van der Waals surface area contributed by atoms with Crippen LogP contribution in [0.3, 0.4) is 0 Å². The lowest BCUT2D eigenvalue weighted by Gasteiger charge is -2.24. The Kier molecular flexibility index (Phi) is 5.38. The number of methoxy groups -OCH3 is 1. The number of hydrogen-bond donors (Lipinski definition) is 1. The minimum Gasteiger partial charge on any atom is -0.375 e. The van der Waals surface area contributed by atoms with Crippen LogP contribution in [-0.4, -0.2) is 41.3 Å². The molecule has 1 fully saturated rings. The second kappa shape index (κ2) is 8.08. The molecule has 1 atom stereocenters. The molecule has 2 heterocycles. The lowest BCUT2D eigenvalue weighted by Crippen LogP contribution is -2.41. The zero-order chi connectivity index (χ0) is 18.6. The summed E-state index contributed by atoms with van der Waals surface area (Å²) in [5.74, 6) is 1.04. The summed E-state index contributed by atoms with van der Waals surface area (Å²) in [7, 11) is 1.60. The topological polar surface area (TPSA) is 80.5 Å². The molecule has 1 saturated heterocycles. The molecule has 27 heavy (non-hydrogen) atoms. The van der Waals surface area contributed by atoms with Crippen LogP contribution in [0, 0.1) is 0 Å². The van der Waals surface area contributed by atoms with E-state index in [9.17, 15) is 4.79 Å². The molecule has 7 heteroatoms. The van der Waals surface area contributed by atoms with E-state index < -0.39 is 0 Å². The van der Waals surface area contributed by atoms with Crippen molar-refractivity contribution in [3.8, 4) is 11.4 Å². The zero-order valence-corrected chi connectivity index (χ0v) is 15.7. The summed E-state index contributed by atoms with van der Waals surface area (Å²) in [4.78, 5) is 19.0. The second-order valence-corrected chi connectivity index (χ2v) is 7.30. The molecule has 1 aromatic carbocycles. The molecule has 2 amide bonds. The average molecular weight is 372 g/mol. The third-order valence-electron chi connectivity index (χ3n) is 5.41. The number of carbonyl (C=O) groups excluding carboxylic acids is 1. The van der Waals surface area contributed by atoms with Crippen molar-refractivity contribution in [2.75, 3.05) is 20.2 Å². The van der Waals surface area contributed by atoms with E-state index in [1.807, 2.05) is 11.0 Å². The number of amides is 2. The molecule has 1 aromatic heterocycles. The number of urea groups is 1. The Morgan fingerprint density at radius 1 is 1.33 bits per heavy atom. The monoisotopic (exact) mass is 372 g/mol. The van der Waals surface area contributed by atoms with Crippen molar-refractivity contribution in [1.82, 2.24) is 20.4 Å². The van der Waals surface area contributed by atoms with Gasteiger partial charge in [-0.15, -0.1) is 0 Å². The molecule has 1 N–H and O–H groups in total. The largest absolute Gasteiger partial charge is 0.375 e. The number of hydrogen-bond acceptors (Lipinski definition) is 5. The van der Waals surface area contributed by atoms with Gasteiger partial charge in [-0.2, -0.15) is 4.98 Å². The molecule has 0 unspecified atom stereocenters. The molecule has 0 saturated carbocycles. The number of benzene rings is 1. The Bertz CT molecular complexity index is 802. The first-order valence-electron chi connectivity index (χ1n) is 9.75. The van der Waals surface area contributed by atoms with E-state index in [0.717, 1.165) is 44.3 Å². The zero-order valence-electron chi connectivity index (χ0n) is 15.7. The van der Waals surface area contributed by atoms with E-state index in [1.54, 1.807) is 7.11 Å². The number of aryl methyl sites for hydroxylation is 1. The van der Waals surface area contributed by atoms with Crippen molar-refractivity contribution >= 4 is 6.03 Å². The molecule has 146 valence electrons. The Balaban J connectivity index is 0.00000225. The van der Waals surface area contributed by atoms with Crippen molar-refractivity contribution in [2.24, 2.45) is 0 Å². The number of nitrogens with zero attached hydrogens (tertiary/aromatic N) is 3. The van der Waals surface area contributed by atoms with Crippen LogP contribution < -0.4 is 5.32 Å². The summed E-state index contributed by atoms with van der Waals surface area (Å²) in [6.45, 7) is 2.04. The maximum Gasteiger partial charge on any atom is 0.317 e. The van der Waals surface area contributed by atoms with Gasteiger partial charge in [0.1, 0.15) is 6.61 Å². The lowest BCUT2D eigenvalue weighted by molar-refractivity contribution is 0.151. The minimum absolute atomic E-state index is 0. The van der Waals surface area contributed by atoms with E-state index in [2.05, 4.69) is 27.6 Å². The van der Waals surface area contributed by atoms with Crippen LogP contribution in [0.25, 0.3) is 11.4 Å². The van der Waals surface area contributed by atoms with Crippen LogP contribution in [0.1, 0.15) is 56.6 Å². The third kappa shape index (κ3) is 3.98. The molecule has 1 aliphatic carbocycles. The lowest BCUT2D eigenvalue weighted by atomic mass is 10.0. The van der Waals surface area contributed by atoms with Crippen LogP contribution in [-0.2, 0) is 17.8 Å². The standard InChI is InChI=1S/C20H26N4O3.H2/c1-26-13-18-22-19(23-27-18)15-6-8-16-14(12-15)7-9-17(16)21-20(25)24-10-4-2-3-5-11-24;/h6,8,12,17H,2-5,7,9-11,13H2,1H3,(H,21,25);1H/t17-;/m1./s1. The Morgan fingerprint density at radius 2 is 2.15 bits per heavy atom. The van der Waals surface area contributed by atoms with Gasteiger partial charge in [0.15, 0.2) is 0 Å². The van der Waals surface area contributed by atoms with Gasteiger partial charge < -0.3 is 19.5 Å². The van der Waals surface area contributed by atoms with Gasteiger partial charge in [-0.05, 0) is 42.9 Å². The minimum atomic E-state index is 0. The molecule has 0 radical (unpaired) electrons. The molecule has 0 spiro atoms. The molecular weight excluding hydrogens is 344 g/mol. The number of ether oxygens (including phenoxy) is 1. The maximum absolute atomic E-state index is 12.6. The van der Waals surface area contributed by atoms with Gasteiger partial charge in [0.25, 0.3) is 5.89 Å². The Hall–Kier alpha value is -2.41. The summed E-state index contributed by atoms with van der Waals surface area (Å²) < 4.78 is 10.2. The van der Waals surface area contributed by atoms with Crippen LogP contribution in [0.15, 0.2) is 22.7 Å². The summed E-state index contributed by atoms with van der Waals surface area (Å²) in [5.41, 5.74) is 3.37. The van der Waals surface area contributed by atoms with Gasteiger partial charge in [0.2, 0.25) is 5.82 Å². The fraction of sp³-hybridized carbons (Fsp3) is 0.550. The Morgan fingerprint density at radius 3 is 2.93 bits per heavy atom. The van der Waals surface area contributed by atoms with E-state index >= 15 is 0 Å². The summed E-state index contributed by atoms with van der Waals surface area (Å²) >= 11 is 0. The molecule has 4 rings (SSSR count). The van der Waals surface area contributed by atoms with Crippen molar-refractivity contribution in [2.45, 2.75) is 51.2 Å². The van der Waals surface area contributed by atoms with Gasteiger partial charge in [0.05, 0.1) is 6.04 Å². The van der Waals surface area contributed by atoms with Crippen molar-refractivity contribution in [3.05, 3.63) is 35.2 Å². The van der Waals surface area contributed by atoms with Crippen molar-refractivity contribution in [3.63, 3.8) is 0 Å². The average Bonchev–Trinajstić information content (AvgIpc) is 3.20. The number of likely N-dealkylation sites (tertiary alicyclic amines) is 1. The highest BCUT2D eigenvalue weighted by molar-refractivity contribution is 5.75. The van der Waals surface area contributed by atoms with Crippen molar-refractivity contribution in [1.29, 1.82) is 0 Å². The molecule has 1 aliphatic heterocycles. The van der Waals surface area contributed by atoms with Crippen LogP contribution in [0.4, 0.5) is 4.79 Å². The highest BCUT2D eigenvalue weighted by atomic mass is 16.5. The van der Waals surface area contributed by atoms with Gasteiger partial charge in [0, 0.05) is 27.2 Å². The van der Waals surface area contributed by atoms with Gasteiger partial charge in [-0.25, -0.2) is 4.79 Å². The van der Waals surface area contributed by atoms with Crippen LogP contribution >= 0.6 is 0 Å². The fourth-order valence-corrected chi connectivity index (χ4v) is 3.97. The number of nitrogens with one attached hydrogen (secondary N) is 1. The first-order valence-corrected chi connectivity index (χ1v) is 9.75. The number of aromatic nitrogens is 2. The quantitative estimate of drug-likeness (QED) is 0.885. The van der Waals surface area contributed by atoms with Crippen LogP contribution in [0.5, 0.6) is 0 Å². The summed E-state index contributed by atoms with van der Waals surface area (Å²) in [6, 6.07) is 6.34. The summed E-state index contributed by atoms with van der Waals surface area (Å²) in [5, 5.41) is 7.26. The number of rotatable bonds is 4. The maximum atomic E-state index is 12.6.